The fourth-order valence-electron chi connectivity index (χ4n) is 2.64. The molecule has 5 nitrogen and oxygen atoms in total. The molecule has 2 aromatic carbocycles. The summed E-state index contributed by atoms with van der Waals surface area (Å²) in [5.74, 6) is 0.742. The first-order chi connectivity index (χ1) is 12.4. The van der Waals surface area contributed by atoms with E-state index in [4.69, 9.17) is 4.74 Å². The summed E-state index contributed by atoms with van der Waals surface area (Å²) in [5.41, 5.74) is 2.80. The molecular formula is C21H26N2O3. The second kappa shape index (κ2) is 9.04. The summed E-state index contributed by atoms with van der Waals surface area (Å²) in [6.07, 6.45) is 0. The van der Waals surface area contributed by atoms with Crippen molar-refractivity contribution in [2.24, 2.45) is 0 Å². The van der Waals surface area contributed by atoms with E-state index in [1.807, 2.05) is 48.5 Å². The molecule has 1 N–H and O–H groups in total. The molecule has 0 spiro atoms. The highest BCUT2D eigenvalue weighted by atomic mass is 16.5. The van der Waals surface area contributed by atoms with Crippen LogP contribution in [-0.2, 0) is 16.1 Å². The number of methoxy groups -OCH3 is 1. The maximum atomic E-state index is 12.4. The van der Waals surface area contributed by atoms with E-state index in [0.717, 1.165) is 11.3 Å². The van der Waals surface area contributed by atoms with Crippen LogP contribution >= 0.6 is 0 Å². The second-order valence-electron chi connectivity index (χ2n) is 6.51. The predicted octanol–water partition coefficient (Wildman–Crippen LogP) is 3.81. The number of amides is 2. The molecule has 2 rings (SSSR count). The number of carbonyl (C=O) groups is 2. The van der Waals surface area contributed by atoms with Gasteiger partial charge in [0, 0.05) is 24.7 Å². The van der Waals surface area contributed by atoms with Gasteiger partial charge in [-0.15, -0.1) is 0 Å². The Balaban J connectivity index is 2.02. The van der Waals surface area contributed by atoms with E-state index in [2.05, 4.69) is 19.2 Å². The van der Waals surface area contributed by atoms with Crippen molar-refractivity contribution in [3.8, 4) is 5.75 Å². The first-order valence-electron chi connectivity index (χ1n) is 8.68. The molecule has 0 fully saturated rings. The van der Waals surface area contributed by atoms with Crippen molar-refractivity contribution in [3.63, 3.8) is 0 Å². The number of nitrogens with one attached hydrogen (secondary N) is 1. The molecule has 0 heterocycles. The van der Waals surface area contributed by atoms with E-state index < -0.39 is 0 Å². The highest BCUT2D eigenvalue weighted by molar-refractivity contribution is 5.94. The van der Waals surface area contributed by atoms with Crippen LogP contribution in [0.1, 0.15) is 37.8 Å². The van der Waals surface area contributed by atoms with Gasteiger partial charge in [-0.1, -0.05) is 44.2 Å². The Labute approximate surface area is 155 Å². The summed E-state index contributed by atoms with van der Waals surface area (Å²) in [6.45, 7) is 6.00. The van der Waals surface area contributed by atoms with Crippen molar-refractivity contribution in [2.45, 2.75) is 33.2 Å². The third-order valence-corrected chi connectivity index (χ3v) is 4.19. The lowest BCUT2D eigenvalue weighted by Gasteiger charge is -2.22. The van der Waals surface area contributed by atoms with Crippen LogP contribution < -0.4 is 10.1 Å². The lowest BCUT2D eigenvalue weighted by Crippen LogP contribution is -2.36. The van der Waals surface area contributed by atoms with Gasteiger partial charge in [0.1, 0.15) is 12.3 Å². The highest BCUT2D eigenvalue weighted by Gasteiger charge is 2.16. The van der Waals surface area contributed by atoms with Crippen molar-refractivity contribution in [2.75, 3.05) is 19.0 Å². The minimum absolute atomic E-state index is 0.0146. The molecule has 0 bridgehead atoms. The third kappa shape index (κ3) is 5.34. The van der Waals surface area contributed by atoms with Crippen LogP contribution in [0.25, 0.3) is 0 Å². The van der Waals surface area contributed by atoms with E-state index in [1.165, 1.54) is 17.4 Å². The number of ether oxygens (including phenoxy) is 1. The van der Waals surface area contributed by atoms with Gasteiger partial charge in [-0.3, -0.25) is 9.59 Å². The monoisotopic (exact) mass is 354 g/mol. The van der Waals surface area contributed by atoms with Crippen molar-refractivity contribution in [1.82, 2.24) is 4.90 Å². The largest absolute Gasteiger partial charge is 0.496 e. The maximum absolute atomic E-state index is 12.4. The van der Waals surface area contributed by atoms with E-state index in [-0.39, 0.29) is 18.4 Å². The standard InChI is InChI=1S/C21H26N2O3/c1-15(2)17-9-11-19(12-10-17)22-21(25)14-23(16(3)24)13-18-7-5-6-8-20(18)26-4/h5-12,15H,13-14H2,1-4H3,(H,22,25). The lowest BCUT2D eigenvalue weighted by molar-refractivity contribution is -0.133. The molecule has 5 heteroatoms. The van der Waals surface area contributed by atoms with Crippen LogP contribution in [0.3, 0.4) is 0 Å². The summed E-state index contributed by atoms with van der Waals surface area (Å²) >= 11 is 0. The van der Waals surface area contributed by atoms with Gasteiger partial charge in [-0.25, -0.2) is 0 Å². The van der Waals surface area contributed by atoms with Crippen molar-refractivity contribution in [3.05, 3.63) is 59.7 Å². The zero-order valence-corrected chi connectivity index (χ0v) is 15.8. The summed E-state index contributed by atoms with van der Waals surface area (Å²) < 4.78 is 5.32. The van der Waals surface area contributed by atoms with Crippen LogP contribution in [0.4, 0.5) is 5.69 Å². The van der Waals surface area contributed by atoms with Crippen LogP contribution in [0.15, 0.2) is 48.5 Å². The Kier molecular flexibility index (Phi) is 6.78. The lowest BCUT2D eigenvalue weighted by atomic mass is 10.0. The summed E-state index contributed by atoms with van der Waals surface area (Å²) in [5, 5.41) is 2.84. The van der Waals surface area contributed by atoms with E-state index in [1.54, 1.807) is 7.11 Å². The minimum Gasteiger partial charge on any atom is -0.496 e. The molecule has 2 aromatic rings. The molecule has 0 aliphatic rings. The molecule has 0 saturated carbocycles. The number of hydrogen-bond donors (Lipinski definition) is 1. The number of carbonyl (C=O) groups excluding carboxylic acids is 2. The quantitative estimate of drug-likeness (QED) is 0.823. The van der Waals surface area contributed by atoms with Gasteiger partial charge in [-0.2, -0.15) is 0 Å². The molecule has 0 saturated heterocycles. The van der Waals surface area contributed by atoms with E-state index in [0.29, 0.717) is 18.2 Å². The fraction of sp³-hybridized carbons (Fsp3) is 0.333. The fourth-order valence-corrected chi connectivity index (χ4v) is 2.64. The topological polar surface area (TPSA) is 58.6 Å². The highest BCUT2D eigenvalue weighted by Crippen LogP contribution is 2.20. The minimum atomic E-state index is -0.229. The molecule has 2 amide bonds. The number of anilines is 1. The molecule has 0 aliphatic heterocycles. The van der Waals surface area contributed by atoms with Gasteiger partial charge < -0.3 is 15.0 Å². The molecule has 0 aliphatic carbocycles. The van der Waals surface area contributed by atoms with Gasteiger partial charge in [0.05, 0.1) is 7.11 Å². The average molecular weight is 354 g/mol. The number of benzene rings is 2. The first kappa shape index (κ1) is 19.5. The Morgan fingerprint density at radius 3 is 2.31 bits per heavy atom. The van der Waals surface area contributed by atoms with Gasteiger partial charge in [-0.05, 0) is 29.7 Å². The van der Waals surface area contributed by atoms with Crippen molar-refractivity contribution < 1.29 is 14.3 Å². The third-order valence-electron chi connectivity index (χ3n) is 4.19. The van der Waals surface area contributed by atoms with Crippen LogP contribution in [0.5, 0.6) is 5.75 Å². The molecule has 0 aromatic heterocycles. The van der Waals surface area contributed by atoms with Gasteiger partial charge in [0.25, 0.3) is 0 Å². The Morgan fingerprint density at radius 2 is 1.73 bits per heavy atom. The van der Waals surface area contributed by atoms with Crippen LogP contribution in [0.2, 0.25) is 0 Å². The Bertz CT molecular complexity index is 754. The second-order valence-corrected chi connectivity index (χ2v) is 6.51. The molecule has 0 radical (unpaired) electrons. The normalized spacial score (nSPS) is 10.5. The SMILES string of the molecule is COc1ccccc1CN(CC(=O)Nc1ccc(C(C)C)cc1)C(C)=O. The molecule has 138 valence electrons. The first-order valence-corrected chi connectivity index (χ1v) is 8.68. The zero-order chi connectivity index (χ0) is 19.1. The van der Waals surface area contributed by atoms with E-state index in [9.17, 15) is 9.59 Å². The molecule has 26 heavy (non-hydrogen) atoms. The number of rotatable bonds is 7. The van der Waals surface area contributed by atoms with Crippen LogP contribution in [0, 0.1) is 0 Å². The molecular weight excluding hydrogens is 328 g/mol. The number of para-hydroxylation sites is 1. The number of hydrogen-bond acceptors (Lipinski definition) is 3. The van der Waals surface area contributed by atoms with Gasteiger partial charge in [0.15, 0.2) is 0 Å². The maximum Gasteiger partial charge on any atom is 0.244 e. The number of nitrogens with zero attached hydrogens (tertiary/aromatic N) is 1. The molecule has 0 atom stereocenters. The zero-order valence-electron chi connectivity index (χ0n) is 15.8. The Hall–Kier alpha value is -2.82. The average Bonchev–Trinajstić information content (AvgIpc) is 2.61. The van der Waals surface area contributed by atoms with Crippen molar-refractivity contribution >= 4 is 17.5 Å². The predicted molar refractivity (Wildman–Crippen MR) is 103 cm³/mol. The van der Waals surface area contributed by atoms with Crippen molar-refractivity contribution in [1.29, 1.82) is 0 Å². The summed E-state index contributed by atoms with van der Waals surface area (Å²) in [7, 11) is 1.59. The van der Waals surface area contributed by atoms with Gasteiger partial charge >= 0.3 is 0 Å². The summed E-state index contributed by atoms with van der Waals surface area (Å²) in [6, 6.07) is 15.2. The Morgan fingerprint density at radius 1 is 1.08 bits per heavy atom. The molecule has 0 unspecified atom stereocenters. The van der Waals surface area contributed by atoms with E-state index >= 15 is 0 Å². The van der Waals surface area contributed by atoms with Crippen LogP contribution in [-0.4, -0.2) is 30.4 Å². The smallest absolute Gasteiger partial charge is 0.244 e. The summed E-state index contributed by atoms with van der Waals surface area (Å²) in [4.78, 5) is 25.8. The van der Waals surface area contributed by atoms with Gasteiger partial charge in [0.2, 0.25) is 11.8 Å².